The molecule has 4 saturated heterocycles. The van der Waals surface area contributed by atoms with Crippen molar-refractivity contribution in [1.29, 1.82) is 0 Å². The molecule has 7 heterocycles. The van der Waals surface area contributed by atoms with Crippen molar-refractivity contribution in [2.24, 2.45) is 7.05 Å². The van der Waals surface area contributed by atoms with Crippen molar-refractivity contribution in [3.63, 3.8) is 0 Å². The molecule has 0 unspecified atom stereocenters. The third-order valence-corrected chi connectivity index (χ3v) is 11.2. The lowest BCUT2D eigenvalue weighted by atomic mass is 9.95. The number of alkyl halides is 1. The standard InChI is InChI=1S/C32H33ClF3N7O2/c1-15-27-20-7-5-18(38-20)13-43(27)30-23-26(39-31(40-30)44-14-32-8-3-9-42(32)12-17(34)10-32)25(36)22(24(33)29(23)45-15)21-19(35)6-4-16-11-37-41(2)28(16)21/h4,6,11,15,17-18,20,27,38H,3,5,7-10,12-14H2,1-2H3/t15-,17+,18+,20-,27+,32-/m0/s1. The molecular weight excluding hydrogens is 607 g/mol. The van der Waals surface area contributed by atoms with Gasteiger partial charge in [0.1, 0.15) is 36.0 Å². The molecule has 45 heavy (non-hydrogen) atoms. The van der Waals surface area contributed by atoms with E-state index in [9.17, 15) is 4.39 Å². The summed E-state index contributed by atoms with van der Waals surface area (Å²) < 4.78 is 61.8. The van der Waals surface area contributed by atoms with Crippen LogP contribution in [0.2, 0.25) is 5.02 Å². The number of aryl methyl sites for hydroxylation is 1. The van der Waals surface area contributed by atoms with Gasteiger partial charge in [-0.15, -0.1) is 0 Å². The second kappa shape index (κ2) is 9.83. The smallest absolute Gasteiger partial charge is 0.319 e. The highest BCUT2D eigenvalue weighted by Gasteiger charge is 2.50. The molecule has 2 bridgehead atoms. The van der Waals surface area contributed by atoms with Crippen molar-refractivity contribution < 1.29 is 22.6 Å². The molecule has 0 spiro atoms. The van der Waals surface area contributed by atoms with Gasteiger partial charge in [0.15, 0.2) is 11.6 Å². The number of ether oxygens (including phenoxy) is 2. The fourth-order valence-corrected chi connectivity index (χ4v) is 9.19. The van der Waals surface area contributed by atoms with Crippen molar-refractivity contribution in [2.75, 3.05) is 31.1 Å². The maximum Gasteiger partial charge on any atom is 0.319 e. The second-order valence-electron chi connectivity index (χ2n) is 13.4. The predicted octanol–water partition coefficient (Wildman–Crippen LogP) is 5.16. The van der Waals surface area contributed by atoms with Gasteiger partial charge in [-0.05, 0) is 51.3 Å². The molecule has 6 atom stereocenters. The van der Waals surface area contributed by atoms with Crippen molar-refractivity contribution in [3.8, 4) is 22.9 Å². The first-order valence-corrected chi connectivity index (χ1v) is 16.1. The largest absolute Gasteiger partial charge is 0.486 e. The number of aromatic nitrogens is 4. The Morgan fingerprint density at radius 3 is 2.91 bits per heavy atom. The summed E-state index contributed by atoms with van der Waals surface area (Å²) in [7, 11) is 1.68. The molecule has 0 aliphatic carbocycles. The molecule has 4 fully saturated rings. The van der Waals surface area contributed by atoms with E-state index in [-0.39, 0.29) is 64.3 Å². The maximum absolute atomic E-state index is 17.1. The SMILES string of the molecule is C[C@@H]1Oc2c(Cl)c(-c3c(F)ccc4cnn(C)c34)c(F)c3nc(OC[C@@]45CCCN4C[C@H](F)C5)nc(c23)N2C[C@H]3CC[C@H](N3)[C@@H]12. The van der Waals surface area contributed by atoms with Crippen molar-refractivity contribution in [2.45, 2.75) is 75.0 Å². The zero-order valence-electron chi connectivity index (χ0n) is 25.0. The third kappa shape index (κ3) is 3.97. The normalized spacial score (nSPS) is 30.5. The van der Waals surface area contributed by atoms with Crippen LogP contribution in [0, 0.1) is 11.6 Å². The highest BCUT2D eigenvalue weighted by molar-refractivity contribution is 6.37. The van der Waals surface area contributed by atoms with Crippen molar-refractivity contribution in [3.05, 3.63) is 35.0 Å². The number of rotatable bonds is 4. The number of hydrogen-bond donors (Lipinski definition) is 1. The number of nitrogens with one attached hydrogen (secondary N) is 1. The van der Waals surface area contributed by atoms with Gasteiger partial charge in [0.2, 0.25) is 0 Å². The number of benzene rings is 2. The molecule has 2 aromatic carbocycles. The Labute approximate surface area is 262 Å². The van der Waals surface area contributed by atoms with Crippen LogP contribution in [0.4, 0.5) is 19.0 Å². The van der Waals surface area contributed by atoms with Gasteiger partial charge < -0.3 is 19.7 Å². The molecule has 2 aromatic heterocycles. The minimum Gasteiger partial charge on any atom is -0.486 e. The van der Waals surface area contributed by atoms with Crippen LogP contribution in [0.1, 0.15) is 39.0 Å². The predicted molar refractivity (Wildman–Crippen MR) is 164 cm³/mol. The van der Waals surface area contributed by atoms with Gasteiger partial charge >= 0.3 is 6.01 Å². The Kier molecular flexibility index (Phi) is 6.10. The lowest BCUT2D eigenvalue weighted by Crippen LogP contribution is -2.62. The molecular formula is C32H33ClF3N7O2. The number of halogens is 4. The van der Waals surface area contributed by atoms with Crippen LogP contribution in [0.3, 0.4) is 0 Å². The molecule has 13 heteroatoms. The van der Waals surface area contributed by atoms with E-state index in [1.54, 1.807) is 19.3 Å². The summed E-state index contributed by atoms with van der Waals surface area (Å²) in [5, 5.41) is 8.92. The molecule has 1 N–H and O–H groups in total. The maximum atomic E-state index is 17.1. The number of nitrogens with zero attached hydrogens (tertiary/aromatic N) is 6. The van der Waals surface area contributed by atoms with E-state index < -0.39 is 23.3 Å². The van der Waals surface area contributed by atoms with E-state index in [2.05, 4.69) is 25.2 Å². The zero-order chi connectivity index (χ0) is 30.8. The summed E-state index contributed by atoms with van der Waals surface area (Å²) in [5.74, 6) is -0.734. The fraction of sp³-hybridized carbons (Fsp3) is 0.531. The Morgan fingerprint density at radius 2 is 2.04 bits per heavy atom. The molecule has 9 rings (SSSR count). The summed E-state index contributed by atoms with van der Waals surface area (Å²) in [5.41, 5.74) is -0.263. The van der Waals surface area contributed by atoms with Gasteiger partial charge in [0.05, 0.1) is 33.7 Å². The van der Waals surface area contributed by atoms with E-state index in [1.165, 1.54) is 10.7 Å². The van der Waals surface area contributed by atoms with Crippen molar-refractivity contribution >= 4 is 39.2 Å². The molecule has 5 aliphatic heterocycles. The monoisotopic (exact) mass is 639 g/mol. The van der Waals surface area contributed by atoms with Gasteiger partial charge in [0.25, 0.3) is 0 Å². The lowest BCUT2D eigenvalue weighted by Gasteiger charge is -2.43. The van der Waals surface area contributed by atoms with Gasteiger partial charge in [0, 0.05) is 55.2 Å². The van der Waals surface area contributed by atoms with E-state index in [4.69, 9.17) is 26.1 Å². The van der Waals surface area contributed by atoms with Crippen LogP contribution in [-0.4, -0.2) is 86.8 Å². The quantitative estimate of drug-likeness (QED) is 0.328. The fourth-order valence-electron chi connectivity index (χ4n) is 8.87. The van der Waals surface area contributed by atoms with Crippen molar-refractivity contribution in [1.82, 2.24) is 30.0 Å². The first-order chi connectivity index (χ1) is 21.7. The third-order valence-electron chi connectivity index (χ3n) is 10.8. The molecule has 5 aliphatic rings. The summed E-state index contributed by atoms with van der Waals surface area (Å²) in [6, 6.07) is 3.15. The van der Waals surface area contributed by atoms with Gasteiger partial charge in [-0.25, -0.2) is 13.2 Å². The van der Waals surface area contributed by atoms with E-state index in [0.29, 0.717) is 41.6 Å². The van der Waals surface area contributed by atoms with Crippen LogP contribution >= 0.6 is 11.6 Å². The summed E-state index contributed by atoms with van der Waals surface area (Å²) in [4.78, 5) is 13.9. The zero-order valence-corrected chi connectivity index (χ0v) is 25.8. The number of piperazine rings is 1. The second-order valence-corrected chi connectivity index (χ2v) is 13.8. The Morgan fingerprint density at radius 1 is 1.18 bits per heavy atom. The van der Waals surface area contributed by atoms with Crippen LogP contribution in [0.5, 0.6) is 11.8 Å². The first kappa shape index (κ1) is 27.9. The van der Waals surface area contributed by atoms with E-state index in [0.717, 1.165) is 32.2 Å². The molecule has 0 amide bonds. The minimum atomic E-state index is -0.916. The Hall–Kier alpha value is -3.35. The molecule has 0 saturated carbocycles. The minimum absolute atomic E-state index is 0.00227. The first-order valence-electron chi connectivity index (χ1n) is 15.8. The molecule has 4 aromatic rings. The Balaban J connectivity index is 1.27. The topological polar surface area (TPSA) is 80.6 Å². The van der Waals surface area contributed by atoms with Gasteiger partial charge in [-0.1, -0.05) is 11.6 Å². The average molecular weight is 640 g/mol. The summed E-state index contributed by atoms with van der Waals surface area (Å²) in [6.07, 6.45) is 4.47. The molecule has 236 valence electrons. The van der Waals surface area contributed by atoms with Gasteiger partial charge in [-0.3, -0.25) is 9.58 Å². The average Bonchev–Trinajstić information content (AvgIpc) is 3.75. The van der Waals surface area contributed by atoms with Crippen LogP contribution < -0.4 is 19.7 Å². The van der Waals surface area contributed by atoms with E-state index >= 15 is 8.78 Å². The van der Waals surface area contributed by atoms with Crippen LogP contribution in [-0.2, 0) is 7.05 Å². The van der Waals surface area contributed by atoms with Gasteiger partial charge in [-0.2, -0.15) is 15.1 Å². The summed E-state index contributed by atoms with van der Waals surface area (Å²) >= 11 is 7.08. The lowest BCUT2D eigenvalue weighted by molar-refractivity contribution is 0.107. The van der Waals surface area contributed by atoms with Crippen LogP contribution in [0.25, 0.3) is 32.9 Å². The number of anilines is 1. The highest BCUT2D eigenvalue weighted by atomic mass is 35.5. The van der Waals surface area contributed by atoms with E-state index in [1.807, 2.05) is 6.92 Å². The number of fused-ring (bicyclic) bond motifs is 7. The highest BCUT2D eigenvalue weighted by Crippen LogP contribution is 2.51. The Bertz CT molecular complexity index is 1890. The molecule has 9 nitrogen and oxygen atoms in total. The summed E-state index contributed by atoms with van der Waals surface area (Å²) in [6.45, 7) is 4.02. The number of hydrogen-bond acceptors (Lipinski definition) is 8. The molecule has 0 radical (unpaired) electrons. The van der Waals surface area contributed by atoms with Crippen LogP contribution in [0.15, 0.2) is 18.3 Å².